The van der Waals surface area contributed by atoms with Gasteiger partial charge in [-0.2, -0.15) is 9.61 Å². The lowest BCUT2D eigenvalue weighted by atomic mass is 10.1. The molecule has 5 rings (SSSR count). The lowest BCUT2D eigenvalue weighted by Crippen LogP contribution is -2.51. The van der Waals surface area contributed by atoms with E-state index in [0.717, 1.165) is 55.6 Å². The van der Waals surface area contributed by atoms with Gasteiger partial charge in [-0.3, -0.25) is 4.90 Å². The molecule has 2 atom stereocenters. The molecule has 2 aliphatic heterocycles. The summed E-state index contributed by atoms with van der Waals surface area (Å²) in [5.74, 6) is 0.942. The summed E-state index contributed by atoms with van der Waals surface area (Å²) in [4.78, 5) is 7.22. The van der Waals surface area contributed by atoms with Gasteiger partial charge >= 0.3 is 0 Å². The fourth-order valence-corrected chi connectivity index (χ4v) is 3.91. The third kappa shape index (κ3) is 3.29. The highest BCUT2D eigenvalue weighted by molar-refractivity contribution is 5.66. The normalized spacial score (nSPS) is 23.7. The molecular weight excluding hydrogens is 342 g/mol. The zero-order chi connectivity index (χ0) is 18.1. The van der Waals surface area contributed by atoms with Crippen LogP contribution in [0.3, 0.4) is 0 Å². The summed E-state index contributed by atoms with van der Waals surface area (Å²) in [7, 11) is 0. The van der Waals surface area contributed by atoms with E-state index in [9.17, 15) is 0 Å². The highest BCUT2D eigenvalue weighted by atomic mass is 16.5. The van der Waals surface area contributed by atoms with Crippen molar-refractivity contribution < 1.29 is 9.47 Å². The minimum Gasteiger partial charge on any atom is -0.379 e. The van der Waals surface area contributed by atoms with E-state index in [1.54, 1.807) is 6.20 Å². The minimum atomic E-state index is 0.210. The number of nitrogens with zero attached hydrogens (tertiary/aromatic N) is 4. The Morgan fingerprint density at radius 3 is 2.70 bits per heavy atom. The first-order chi connectivity index (χ1) is 13.4. The van der Waals surface area contributed by atoms with Crippen molar-refractivity contribution in [3.8, 4) is 11.3 Å². The maximum Gasteiger partial charge on any atom is 0.157 e. The molecule has 0 spiro atoms. The molecule has 140 valence electrons. The molecule has 2 fully saturated rings. The van der Waals surface area contributed by atoms with Crippen LogP contribution in [0.5, 0.6) is 0 Å². The summed E-state index contributed by atoms with van der Waals surface area (Å²) < 4.78 is 13.2. The van der Waals surface area contributed by atoms with Crippen molar-refractivity contribution in [3.05, 3.63) is 48.7 Å². The van der Waals surface area contributed by atoms with Gasteiger partial charge in [-0.25, -0.2) is 4.98 Å². The lowest BCUT2D eigenvalue weighted by molar-refractivity contribution is 0.0130. The topological polar surface area (TPSA) is 63.9 Å². The Bertz CT molecular complexity index is 907. The van der Waals surface area contributed by atoms with E-state index < -0.39 is 0 Å². The fraction of sp³-hybridized carbons (Fsp3) is 0.400. The summed E-state index contributed by atoms with van der Waals surface area (Å²) in [6.45, 7) is 4.92. The Kier molecular flexibility index (Phi) is 4.49. The summed E-state index contributed by atoms with van der Waals surface area (Å²) >= 11 is 0. The van der Waals surface area contributed by atoms with Gasteiger partial charge in [0.25, 0.3) is 0 Å². The number of anilines is 1. The van der Waals surface area contributed by atoms with Gasteiger partial charge in [0.05, 0.1) is 50.4 Å². The first-order valence-corrected chi connectivity index (χ1v) is 9.45. The van der Waals surface area contributed by atoms with E-state index in [4.69, 9.17) is 14.5 Å². The van der Waals surface area contributed by atoms with E-state index in [1.165, 1.54) is 0 Å². The molecule has 1 N–H and O–H groups in total. The van der Waals surface area contributed by atoms with Gasteiger partial charge in [-0.05, 0) is 0 Å². The van der Waals surface area contributed by atoms with Crippen LogP contribution in [0.4, 0.5) is 5.82 Å². The number of benzene rings is 1. The average molecular weight is 365 g/mol. The van der Waals surface area contributed by atoms with Gasteiger partial charge in [0.15, 0.2) is 5.65 Å². The maximum absolute atomic E-state index is 5.81. The van der Waals surface area contributed by atoms with Crippen molar-refractivity contribution in [1.29, 1.82) is 0 Å². The zero-order valence-electron chi connectivity index (χ0n) is 15.1. The van der Waals surface area contributed by atoms with Crippen molar-refractivity contribution in [1.82, 2.24) is 19.5 Å². The summed E-state index contributed by atoms with van der Waals surface area (Å²) in [6.07, 6.45) is 1.78. The van der Waals surface area contributed by atoms with E-state index in [-0.39, 0.29) is 6.04 Å². The third-order valence-electron chi connectivity index (χ3n) is 5.33. The van der Waals surface area contributed by atoms with Crippen LogP contribution < -0.4 is 5.32 Å². The van der Waals surface area contributed by atoms with E-state index in [0.29, 0.717) is 12.6 Å². The van der Waals surface area contributed by atoms with E-state index in [2.05, 4.69) is 33.5 Å². The molecule has 7 nitrogen and oxygen atoms in total. The van der Waals surface area contributed by atoms with Crippen molar-refractivity contribution in [3.63, 3.8) is 0 Å². The van der Waals surface area contributed by atoms with Crippen LogP contribution in [-0.2, 0) is 9.47 Å². The predicted octanol–water partition coefficient (Wildman–Crippen LogP) is 1.91. The molecule has 0 radical (unpaired) electrons. The number of ether oxygens (including phenoxy) is 2. The number of nitrogens with one attached hydrogen (secondary N) is 1. The summed E-state index contributed by atoms with van der Waals surface area (Å²) in [6, 6.07) is 14.8. The second-order valence-corrected chi connectivity index (χ2v) is 7.00. The van der Waals surface area contributed by atoms with Crippen LogP contribution in [0, 0.1) is 0 Å². The van der Waals surface area contributed by atoms with Crippen LogP contribution in [-0.4, -0.2) is 71.1 Å². The molecule has 27 heavy (non-hydrogen) atoms. The smallest absolute Gasteiger partial charge is 0.157 e. The lowest BCUT2D eigenvalue weighted by Gasteiger charge is -2.34. The molecule has 2 aromatic heterocycles. The maximum atomic E-state index is 5.81. The van der Waals surface area contributed by atoms with Crippen LogP contribution in [0.2, 0.25) is 0 Å². The van der Waals surface area contributed by atoms with Crippen LogP contribution >= 0.6 is 0 Å². The number of rotatable bonds is 4. The molecule has 2 unspecified atom stereocenters. The second kappa shape index (κ2) is 7.26. The standard InChI is InChI=1S/C20H23N5O2/c1-2-4-15(5-3-1)16-12-20(25-19(22-16)6-7-21-25)23-17-13-27-14-18(17)24-8-10-26-11-9-24/h1-7,12,17-18,23H,8-11,13-14H2. The van der Waals surface area contributed by atoms with Crippen molar-refractivity contribution in [2.24, 2.45) is 0 Å². The first-order valence-electron chi connectivity index (χ1n) is 9.45. The molecule has 1 aromatic carbocycles. The van der Waals surface area contributed by atoms with Gasteiger partial charge < -0.3 is 14.8 Å². The van der Waals surface area contributed by atoms with Gasteiger partial charge in [0, 0.05) is 30.8 Å². The Hall–Kier alpha value is -2.48. The zero-order valence-corrected chi connectivity index (χ0v) is 15.1. The van der Waals surface area contributed by atoms with Gasteiger partial charge in [0.2, 0.25) is 0 Å². The number of aromatic nitrogens is 3. The van der Waals surface area contributed by atoms with E-state index in [1.807, 2.05) is 28.8 Å². The molecule has 3 aromatic rings. The molecule has 2 aliphatic rings. The second-order valence-electron chi connectivity index (χ2n) is 7.00. The van der Waals surface area contributed by atoms with Gasteiger partial charge in [-0.1, -0.05) is 30.3 Å². The quantitative estimate of drug-likeness (QED) is 0.762. The molecule has 0 amide bonds. The molecule has 0 aliphatic carbocycles. The molecule has 4 heterocycles. The van der Waals surface area contributed by atoms with Crippen LogP contribution in [0.15, 0.2) is 48.7 Å². The monoisotopic (exact) mass is 365 g/mol. The number of hydrogen-bond donors (Lipinski definition) is 1. The molecule has 0 saturated carbocycles. The fourth-order valence-electron chi connectivity index (χ4n) is 3.91. The Labute approximate surface area is 157 Å². The van der Waals surface area contributed by atoms with Crippen molar-refractivity contribution >= 4 is 11.5 Å². The Morgan fingerprint density at radius 2 is 1.85 bits per heavy atom. The highest BCUT2D eigenvalue weighted by Crippen LogP contribution is 2.24. The highest BCUT2D eigenvalue weighted by Gasteiger charge is 2.34. The van der Waals surface area contributed by atoms with Crippen LogP contribution in [0.1, 0.15) is 0 Å². The number of hydrogen-bond acceptors (Lipinski definition) is 6. The molecule has 2 saturated heterocycles. The number of morpholine rings is 1. The summed E-state index contributed by atoms with van der Waals surface area (Å²) in [5, 5.41) is 8.13. The SMILES string of the molecule is c1ccc(-c2cc(NC3COCC3N3CCOCC3)n3nccc3n2)cc1. The van der Waals surface area contributed by atoms with Crippen molar-refractivity contribution in [2.75, 3.05) is 44.8 Å². The Balaban J connectivity index is 1.46. The Morgan fingerprint density at radius 1 is 1.00 bits per heavy atom. The van der Waals surface area contributed by atoms with Gasteiger partial charge in [-0.15, -0.1) is 0 Å². The van der Waals surface area contributed by atoms with Gasteiger partial charge in [0.1, 0.15) is 5.82 Å². The molecule has 0 bridgehead atoms. The van der Waals surface area contributed by atoms with Crippen molar-refractivity contribution in [2.45, 2.75) is 12.1 Å². The molecular formula is C20H23N5O2. The molecule has 7 heteroatoms. The third-order valence-corrected chi connectivity index (χ3v) is 5.33. The first kappa shape index (κ1) is 16.7. The average Bonchev–Trinajstić information content (AvgIpc) is 3.39. The van der Waals surface area contributed by atoms with E-state index >= 15 is 0 Å². The minimum absolute atomic E-state index is 0.210. The largest absolute Gasteiger partial charge is 0.379 e. The van der Waals surface area contributed by atoms with Crippen LogP contribution in [0.25, 0.3) is 16.9 Å². The summed E-state index contributed by atoms with van der Waals surface area (Å²) in [5.41, 5.74) is 2.87. The predicted molar refractivity (Wildman–Crippen MR) is 103 cm³/mol. The number of fused-ring (bicyclic) bond motifs is 1.